The van der Waals surface area contributed by atoms with Crippen LogP contribution in [0.2, 0.25) is 5.02 Å². The number of carbonyl (C=O) groups excluding carboxylic acids is 3. The number of hydrogen-bond acceptors (Lipinski definition) is 5. The summed E-state index contributed by atoms with van der Waals surface area (Å²) in [6.07, 6.45) is -1.05. The highest BCUT2D eigenvalue weighted by Gasteiger charge is 2.19. The van der Waals surface area contributed by atoms with Gasteiger partial charge in [-0.1, -0.05) is 17.7 Å². The molecule has 1 atom stereocenters. The van der Waals surface area contributed by atoms with Crippen molar-refractivity contribution in [3.63, 3.8) is 0 Å². The van der Waals surface area contributed by atoms with E-state index < -0.39 is 23.9 Å². The van der Waals surface area contributed by atoms with Crippen molar-refractivity contribution in [2.75, 3.05) is 19.0 Å². The van der Waals surface area contributed by atoms with Crippen molar-refractivity contribution in [1.29, 1.82) is 0 Å². The lowest BCUT2D eigenvalue weighted by Crippen LogP contribution is -2.35. The Labute approximate surface area is 174 Å². The smallest absolute Gasteiger partial charge is 0.326 e. The summed E-state index contributed by atoms with van der Waals surface area (Å²) in [5.74, 6) is -1.17. The van der Waals surface area contributed by atoms with E-state index in [1.54, 1.807) is 24.3 Å². The molecule has 8 heteroatoms. The summed E-state index contributed by atoms with van der Waals surface area (Å²) in [5.41, 5.74) is 2.93. The number of esters is 1. The molecule has 2 rings (SSSR count). The Morgan fingerprint density at radius 2 is 1.79 bits per heavy atom. The largest absolute Gasteiger partial charge is 0.495 e. The Hall–Kier alpha value is -3.06. The summed E-state index contributed by atoms with van der Waals surface area (Å²) in [4.78, 5) is 36.3. The summed E-state index contributed by atoms with van der Waals surface area (Å²) < 4.78 is 10.1. The average molecular weight is 419 g/mol. The van der Waals surface area contributed by atoms with Crippen LogP contribution >= 0.6 is 11.6 Å². The number of aryl methyl sites for hydroxylation is 2. The Morgan fingerprint density at radius 1 is 1.07 bits per heavy atom. The number of carbonyl (C=O) groups is 3. The Bertz CT molecular complexity index is 929. The monoisotopic (exact) mass is 418 g/mol. The standard InChI is InChI=1S/C21H23ClN2O5/c1-12-5-6-15(9-13(12)2)21(27)23-11-19(25)29-14(3)20(26)24-16-7-8-18(28-4)17(22)10-16/h5-10,14H,11H2,1-4H3,(H,23,27)(H,24,26)/t14-/m0/s1. The minimum Gasteiger partial charge on any atom is -0.495 e. The molecule has 0 aliphatic heterocycles. The second-order valence-corrected chi connectivity index (χ2v) is 6.86. The van der Waals surface area contributed by atoms with E-state index in [0.29, 0.717) is 22.0 Å². The molecule has 7 nitrogen and oxygen atoms in total. The lowest BCUT2D eigenvalue weighted by molar-refractivity contribution is -0.152. The first-order valence-corrected chi connectivity index (χ1v) is 9.28. The molecule has 0 radical (unpaired) electrons. The molecule has 2 N–H and O–H groups in total. The molecular weight excluding hydrogens is 396 g/mol. The van der Waals surface area contributed by atoms with E-state index >= 15 is 0 Å². The minimum atomic E-state index is -1.05. The van der Waals surface area contributed by atoms with Crippen LogP contribution in [0.4, 0.5) is 5.69 Å². The van der Waals surface area contributed by atoms with E-state index in [2.05, 4.69) is 10.6 Å². The summed E-state index contributed by atoms with van der Waals surface area (Å²) in [6.45, 7) is 4.93. The first-order chi connectivity index (χ1) is 13.7. The van der Waals surface area contributed by atoms with Crippen molar-refractivity contribution < 1.29 is 23.9 Å². The lowest BCUT2D eigenvalue weighted by atomic mass is 10.1. The molecule has 0 saturated carbocycles. The zero-order chi connectivity index (χ0) is 21.6. The van der Waals surface area contributed by atoms with Crippen LogP contribution in [0, 0.1) is 13.8 Å². The molecule has 0 aliphatic carbocycles. The fourth-order valence-electron chi connectivity index (χ4n) is 2.42. The van der Waals surface area contributed by atoms with Gasteiger partial charge < -0.3 is 20.1 Å². The maximum absolute atomic E-state index is 12.2. The number of ether oxygens (including phenoxy) is 2. The van der Waals surface area contributed by atoms with Gasteiger partial charge in [0.2, 0.25) is 0 Å². The number of methoxy groups -OCH3 is 1. The molecule has 2 aromatic carbocycles. The molecule has 2 aromatic rings. The van der Waals surface area contributed by atoms with Crippen LogP contribution in [0.1, 0.15) is 28.4 Å². The molecule has 29 heavy (non-hydrogen) atoms. The number of anilines is 1. The van der Waals surface area contributed by atoms with E-state index in [-0.39, 0.29) is 6.54 Å². The van der Waals surface area contributed by atoms with E-state index in [0.717, 1.165) is 11.1 Å². The van der Waals surface area contributed by atoms with Crippen molar-refractivity contribution in [1.82, 2.24) is 5.32 Å². The molecule has 0 aliphatic rings. The van der Waals surface area contributed by atoms with Crippen LogP contribution in [0.3, 0.4) is 0 Å². The normalized spacial score (nSPS) is 11.3. The number of benzene rings is 2. The van der Waals surface area contributed by atoms with Crippen LogP contribution < -0.4 is 15.4 Å². The molecule has 154 valence electrons. The number of rotatable bonds is 7. The van der Waals surface area contributed by atoms with Crippen molar-refractivity contribution in [2.45, 2.75) is 26.9 Å². The van der Waals surface area contributed by atoms with E-state index in [4.69, 9.17) is 21.1 Å². The molecule has 0 bridgehead atoms. The average Bonchev–Trinajstić information content (AvgIpc) is 2.68. The van der Waals surface area contributed by atoms with Crippen LogP contribution in [-0.4, -0.2) is 37.5 Å². The van der Waals surface area contributed by atoms with Crippen molar-refractivity contribution in [3.8, 4) is 5.75 Å². The number of hydrogen-bond donors (Lipinski definition) is 2. The van der Waals surface area contributed by atoms with Crippen LogP contribution in [0.5, 0.6) is 5.75 Å². The molecule has 0 fully saturated rings. The number of amides is 2. The molecule has 0 unspecified atom stereocenters. The van der Waals surface area contributed by atoms with Gasteiger partial charge in [-0.2, -0.15) is 0 Å². The van der Waals surface area contributed by atoms with Gasteiger partial charge >= 0.3 is 5.97 Å². The first kappa shape index (κ1) is 22.2. The van der Waals surface area contributed by atoms with Gasteiger partial charge in [-0.3, -0.25) is 14.4 Å². The maximum Gasteiger partial charge on any atom is 0.326 e. The van der Waals surface area contributed by atoms with E-state index in [9.17, 15) is 14.4 Å². The maximum atomic E-state index is 12.2. The molecule has 0 spiro atoms. The first-order valence-electron chi connectivity index (χ1n) is 8.90. The second kappa shape index (κ2) is 9.93. The van der Waals surface area contributed by atoms with Gasteiger partial charge in [-0.15, -0.1) is 0 Å². The fourth-order valence-corrected chi connectivity index (χ4v) is 2.68. The number of nitrogens with one attached hydrogen (secondary N) is 2. The van der Waals surface area contributed by atoms with Crippen molar-refractivity contribution in [3.05, 3.63) is 58.1 Å². The van der Waals surface area contributed by atoms with E-state index in [1.807, 2.05) is 19.9 Å². The SMILES string of the molecule is COc1ccc(NC(=O)[C@H](C)OC(=O)CNC(=O)c2ccc(C)c(C)c2)cc1Cl. The summed E-state index contributed by atoms with van der Waals surface area (Å²) in [6, 6.07) is 10.0. The summed E-state index contributed by atoms with van der Waals surface area (Å²) in [7, 11) is 1.49. The predicted molar refractivity (Wildman–Crippen MR) is 110 cm³/mol. The minimum absolute atomic E-state index is 0.337. The Morgan fingerprint density at radius 3 is 2.41 bits per heavy atom. The van der Waals surface area contributed by atoms with Crippen LogP contribution in [0.15, 0.2) is 36.4 Å². The molecule has 0 aromatic heterocycles. The van der Waals surface area contributed by atoms with Gasteiger partial charge in [0.15, 0.2) is 6.10 Å². The highest BCUT2D eigenvalue weighted by Crippen LogP contribution is 2.27. The third kappa shape index (κ3) is 6.22. The van der Waals surface area contributed by atoms with Gasteiger partial charge in [0.05, 0.1) is 12.1 Å². The fraction of sp³-hybridized carbons (Fsp3) is 0.286. The van der Waals surface area contributed by atoms with Gasteiger partial charge in [0.1, 0.15) is 12.3 Å². The predicted octanol–water partition coefficient (Wildman–Crippen LogP) is 3.27. The van der Waals surface area contributed by atoms with Gasteiger partial charge in [-0.25, -0.2) is 0 Å². The molecule has 0 heterocycles. The summed E-state index contributed by atoms with van der Waals surface area (Å²) in [5, 5.41) is 5.42. The van der Waals surface area contributed by atoms with Gasteiger partial charge in [-0.05, 0) is 62.2 Å². The topological polar surface area (TPSA) is 93.7 Å². The quantitative estimate of drug-likeness (QED) is 0.673. The second-order valence-electron chi connectivity index (χ2n) is 6.45. The summed E-state index contributed by atoms with van der Waals surface area (Å²) >= 11 is 6.01. The Balaban J connectivity index is 1.84. The molecule has 2 amide bonds. The lowest BCUT2D eigenvalue weighted by Gasteiger charge is -2.14. The molecule has 0 saturated heterocycles. The van der Waals surface area contributed by atoms with Crippen molar-refractivity contribution in [2.24, 2.45) is 0 Å². The highest BCUT2D eigenvalue weighted by atomic mass is 35.5. The third-order valence-electron chi connectivity index (χ3n) is 4.26. The van der Waals surface area contributed by atoms with Crippen molar-refractivity contribution >= 4 is 35.1 Å². The van der Waals surface area contributed by atoms with Crippen LogP contribution in [-0.2, 0) is 14.3 Å². The number of halogens is 1. The third-order valence-corrected chi connectivity index (χ3v) is 4.55. The Kier molecular flexibility index (Phi) is 7.61. The zero-order valence-corrected chi connectivity index (χ0v) is 17.4. The van der Waals surface area contributed by atoms with Gasteiger partial charge in [0.25, 0.3) is 11.8 Å². The van der Waals surface area contributed by atoms with Crippen LogP contribution in [0.25, 0.3) is 0 Å². The zero-order valence-electron chi connectivity index (χ0n) is 16.7. The van der Waals surface area contributed by atoms with Gasteiger partial charge in [0, 0.05) is 11.3 Å². The van der Waals surface area contributed by atoms with E-state index in [1.165, 1.54) is 20.1 Å². The molecular formula is C21H23ClN2O5. The highest BCUT2D eigenvalue weighted by molar-refractivity contribution is 6.32.